The number of hydrogen-bond donors (Lipinski definition) is 1. The van der Waals surface area contributed by atoms with Gasteiger partial charge in [-0.3, -0.25) is 4.79 Å². The summed E-state index contributed by atoms with van der Waals surface area (Å²) in [5.41, 5.74) is 2.88. The van der Waals surface area contributed by atoms with Gasteiger partial charge in [-0.1, -0.05) is 18.2 Å². The van der Waals surface area contributed by atoms with E-state index in [-0.39, 0.29) is 5.91 Å². The topological polar surface area (TPSA) is 100 Å². The molecule has 1 saturated heterocycles. The van der Waals surface area contributed by atoms with Crippen molar-refractivity contribution in [3.8, 4) is 17.6 Å². The highest BCUT2D eigenvalue weighted by atomic mass is 16.5. The standard InChI is InChI=1S/C28H33N5O3/c1-3-35-24-13-12-20(18-25(24)36-4-2)14-15-30-28(34)21(19-29)26-27(33-16-8-5-9-17-33)32-23-11-7-6-10-22(23)31-26/h6-7,10-13,18,21H,3-5,8-9,14-17H2,1-2H3,(H,30,34)/t21-/m1/s1. The Hall–Kier alpha value is -3.86. The van der Waals surface area contributed by atoms with Crippen LogP contribution >= 0.6 is 0 Å². The third-order valence-electron chi connectivity index (χ3n) is 6.22. The molecule has 2 heterocycles. The number of carbonyl (C=O) groups is 1. The van der Waals surface area contributed by atoms with Crippen molar-refractivity contribution in [2.75, 3.05) is 37.7 Å². The number of para-hydroxylation sites is 2. The molecule has 1 fully saturated rings. The fraction of sp³-hybridized carbons (Fsp3) is 0.429. The second kappa shape index (κ2) is 12.2. The fourth-order valence-corrected chi connectivity index (χ4v) is 4.46. The summed E-state index contributed by atoms with van der Waals surface area (Å²) in [4.78, 5) is 24.9. The molecule has 1 aromatic heterocycles. The van der Waals surface area contributed by atoms with Crippen LogP contribution in [-0.2, 0) is 11.2 Å². The van der Waals surface area contributed by atoms with Gasteiger partial charge < -0.3 is 19.7 Å². The maximum atomic E-state index is 13.2. The molecule has 0 unspecified atom stereocenters. The lowest BCUT2D eigenvalue weighted by molar-refractivity contribution is -0.121. The smallest absolute Gasteiger partial charge is 0.243 e. The number of ether oxygens (including phenoxy) is 2. The summed E-state index contributed by atoms with van der Waals surface area (Å²) in [5, 5.41) is 12.9. The van der Waals surface area contributed by atoms with E-state index in [1.807, 2.05) is 56.3 Å². The van der Waals surface area contributed by atoms with Gasteiger partial charge in [-0.2, -0.15) is 5.26 Å². The van der Waals surface area contributed by atoms with E-state index >= 15 is 0 Å². The van der Waals surface area contributed by atoms with Crippen LogP contribution in [0.1, 0.15) is 50.3 Å². The van der Waals surface area contributed by atoms with Gasteiger partial charge in [0.1, 0.15) is 5.69 Å². The summed E-state index contributed by atoms with van der Waals surface area (Å²) in [6, 6.07) is 15.5. The molecule has 188 valence electrons. The molecular weight excluding hydrogens is 454 g/mol. The number of piperidine rings is 1. The van der Waals surface area contributed by atoms with Gasteiger partial charge in [-0.25, -0.2) is 9.97 Å². The van der Waals surface area contributed by atoms with Gasteiger partial charge in [-0.05, 0) is 69.4 Å². The quantitative estimate of drug-likeness (QED) is 0.453. The number of nitrogens with one attached hydrogen (secondary N) is 1. The predicted octanol–water partition coefficient (Wildman–Crippen LogP) is 4.38. The predicted molar refractivity (Wildman–Crippen MR) is 139 cm³/mol. The van der Waals surface area contributed by atoms with Crippen molar-refractivity contribution < 1.29 is 14.3 Å². The van der Waals surface area contributed by atoms with Gasteiger partial charge in [0.2, 0.25) is 5.91 Å². The largest absolute Gasteiger partial charge is 0.490 e. The maximum absolute atomic E-state index is 13.2. The first-order chi connectivity index (χ1) is 17.6. The molecule has 0 bridgehead atoms. The lowest BCUT2D eigenvalue weighted by Gasteiger charge is -2.29. The van der Waals surface area contributed by atoms with Crippen molar-refractivity contribution in [2.24, 2.45) is 0 Å². The first kappa shape index (κ1) is 25.2. The molecular formula is C28H33N5O3. The SMILES string of the molecule is CCOc1ccc(CCNC(=O)[C@H](C#N)c2nc3ccccc3nc2N2CCCCC2)cc1OCC. The van der Waals surface area contributed by atoms with Gasteiger partial charge in [0.15, 0.2) is 23.2 Å². The van der Waals surface area contributed by atoms with Gasteiger partial charge in [0.25, 0.3) is 0 Å². The van der Waals surface area contributed by atoms with Crippen LogP contribution < -0.4 is 19.7 Å². The zero-order chi connectivity index (χ0) is 25.3. The van der Waals surface area contributed by atoms with Crippen LogP contribution in [0.25, 0.3) is 11.0 Å². The molecule has 1 aliphatic rings. The normalized spacial score (nSPS) is 14.2. The van der Waals surface area contributed by atoms with Crippen LogP contribution in [0.4, 0.5) is 5.82 Å². The number of nitrogens with zero attached hydrogens (tertiary/aromatic N) is 4. The molecule has 4 rings (SSSR count). The van der Waals surface area contributed by atoms with E-state index in [0.717, 1.165) is 37.0 Å². The Morgan fingerprint density at radius 2 is 1.72 bits per heavy atom. The Kier molecular flexibility index (Phi) is 8.56. The van der Waals surface area contributed by atoms with E-state index in [2.05, 4.69) is 16.3 Å². The number of fused-ring (bicyclic) bond motifs is 1. The van der Waals surface area contributed by atoms with E-state index in [0.29, 0.717) is 54.7 Å². The third kappa shape index (κ3) is 5.85. The van der Waals surface area contributed by atoms with Crippen LogP contribution in [0.2, 0.25) is 0 Å². The number of hydrogen-bond acceptors (Lipinski definition) is 7. The highest BCUT2D eigenvalue weighted by Crippen LogP contribution is 2.30. The fourth-order valence-electron chi connectivity index (χ4n) is 4.46. The Balaban J connectivity index is 1.51. The zero-order valence-corrected chi connectivity index (χ0v) is 21.0. The average molecular weight is 488 g/mol. The van der Waals surface area contributed by atoms with Gasteiger partial charge >= 0.3 is 0 Å². The second-order valence-corrected chi connectivity index (χ2v) is 8.72. The maximum Gasteiger partial charge on any atom is 0.243 e. The van der Waals surface area contributed by atoms with Crippen molar-refractivity contribution >= 4 is 22.8 Å². The summed E-state index contributed by atoms with van der Waals surface area (Å²) < 4.78 is 11.3. The van der Waals surface area contributed by atoms with Crippen LogP contribution in [0, 0.1) is 11.3 Å². The van der Waals surface area contributed by atoms with E-state index in [1.54, 1.807) is 0 Å². The van der Waals surface area contributed by atoms with Crippen LogP contribution in [-0.4, -0.2) is 48.7 Å². The Morgan fingerprint density at radius 3 is 2.42 bits per heavy atom. The Bertz CT molecular complexity index is 1230. The van der Waals surface area contributed by atoms with E-state index in [4.69, 9.17) is 19.4 Å². The summed E-state index contributed by atoms with van der Waals surface area (Å²) in [7, 11) is 0. The second-order valence-electron chi connectivity index (χ2n) is 8.72. The molecule has 1 atom stereocenters. The molecule has 0 saturated carbocycles. The zero-order valence-electron chi connectivity index (χ0n) is 21.0. The number of amides is 1. The van der Waals surface area contributed by atoms with Crippen molar-refractivity contribution in [3.63, 3.8) is 0 Å². The number of nitriles is 1. The lowest BCUT2D eigenvalue weighted by atomic mass is 10.0. The minimum atomic E-state index is -1.04. The lowest BCUT2D eigenvalue weighted by Crippen LogP contribution is -2.35. The molecule has 3 aromatic rings. The molecule has 36 heavy (non-hydrogen) atoms. The minimum absolute atomic E-state index is 0.365. The number of rotatable bonds is 10. The summed E-state index contributed by atoms with van der Waals surface area (Å²) in [5.74, 6) is 0.630. The van der Waals surface area contributed by atoms with Crippen molar-refractivity contribution in [3.05, 3.63) is 53.7 Å². The molecule has 1 N–H and O–H groups in total. The summed E-state index contributed by atoms with van der Waals surface area (Å²) in [6.45, 7) is 7.04. The van der Waals surface area contributed by atoms with Crippen molar-refractivity contribution in [1.29, 1.82) is 5.26 Å². The Morgan fingerprint density at radius 1 is 1.03 bits per heavy atom. The first-order valence-corrected chi connectivity index (χ1v) is 12.7. The number of aromatic nitrogens is 2. The molecule has 0 radical (unpaired) electrons. The molecule has 8 nitrogen and oxygen atoms in total. The molecule has 0 spiro atoms. The number of anilines is 1. The number of benzene rings is 2. The first-order valence-electron chi connectivity index (χ1n) is 12.7. The molecule has 8 heteroatoms. The highest BCUT2D eigenvalue weighted by Gasteiger charge is 2.29. The van der Waals surface area contributed by atoms with Gasteiger partial charge in [0, 0.05) is 19.6 Å². The molecule has 0 aliphatic carbocycles. The van der Waals surface area contributed by atoms with Crippen molar-refractivity contribution in [1.82, 2.24) is 15.3 Å². The number of carbonyl (C=O) groups excluding carboxylic acids is 1. The summed E-state index contributed by atoms with van der Waals surface area (Å²) in [6.07, 6.45) is 3.89. The van der Waals surface area contributed by atoms with Crippen LogP contribution in [0.3, 0.4) is 0 Å². The van der Waals surface area contributed by atoms with E-state index in [9.17, 15) is 10.1 Å². The Labute approximate surface area is 212 Å². The van der Waals surface area contributed by atoms with Crippen molar-refractivity contribution in [2.45, 2.75) is 45.4 Å². The molecule has 1 aliphatic heterocycles. The van der Waals surface area contributed by atoms with E-state index < -0.39 is 5.92 Å². The summed E-state index contributed by atoms with van der Waals surface area (Å²) >= 11 is 0. The van der Waals surface area contributed by atoms with Gasteiger partial charge in [-0.15, -0.1) is 0 Å². The minimum Gasteiger partial charge on any atom is -0.490 e. The van der Waals surface area contributed by atoms with Crippen LogP contribution in [0.15, 0.2) is 42.5 Å². The monoisotopic (exact) mass is 487 g/mol. The third-order valence-corrected chi connectivity index (χ3v) is 6.22. The highest BCUT2D eigenvalue weighted by molar-refractivity contribution is 5.88. The molecule has 2 aromatic carbocycles. The van der Waals surface area contributed by atoms with Gasteiger partial charge in [0.05, 0.1) is 30.3 Å². The average Bonchev–Trinajstić information content (AvgIpc) is 2.91. The van der Waals surface area contributed by atoms with Crippen LogP contribution in [0.5, 0.6) is 11.5 Å². The molecule has 1 amide bonds. The van der Waals surface area contributed by atoms with E-state index in [1.165, 1.54) is 6.42 Å².